The molecule has 6 nitrogen and oxygen atoms in total. The molecule has 5 rings (SSSR count). The smallest absolute Gasteiger partial charge is 0.147 e. The second-order valence-corrected chi connectivity index (χ2v) is 8.73. The van der Waals surface area contributed by atoms with Crippen molar-refractivity contribution in [3.05, 3.63) is 85.5 Å². The number of nitrogens with zero attached hydrogens (tertiary/aromatic N) is 5. The first-order valence-corrected chi connectivity index (χ1v) is 10.6. The molecule has 0 fully saturated rings. The third kappa shape index (κ3) is 3.87. The van der Waals surface area contributed by atoms with Crippen LogP contribution in [0.2, 0.25) is 0 Å². The Morgan fingerprint density at radius 3 is 2.34 bits per heavy atom. The summed E-state index contributed by atoms with van der Waals surface area (Å²) >= 11 is 0. The van der Waals surface area contributed by atoms with Crippen molar-refractivity contribution in [1.29, 1.82) is 0 Å². The Bertz CT molecular complexity index is 1240. The molecule has 4 aromatic rings. The van der Waals surface area contributed by atoms with E-state index in [1.54, 1.807) is 18.6 Å². The number of ether oxygens (including phenoxy) is 1. The Morgan fingerprint density at radius 1 is 0.781 bits per heavy atom. The molecule has 0 spiro atoms. The van der Waals surface area contributed by atoms with Gasteiger partial charge in [-0.15, -0.1) is 0 Å². The molecule has 3 aromatic heterocycles. The SMILES string of the molecule is CC(C)(C)N1CN(c2cncc(Oc3ccnc(-c4ccccn4)c3)c2)c2ccccc21. The van der Waals surface area contributed by atoms with Crippen molar-refractivity contribution in [2.75, 3.05) is 16.5 Å². The molecule has 0 radical (unpaired) electrons. The van der Waals surface area contributed by atoms with E-state index in [1.165, 1.54) is 11.4 Å². The summed E-state index contributed by atoms with van der Waals surface area (Å²) in [6.45, 7) is 7.45. The topological polar surface area (TPSA) is 54.4 Å². The van der Waals surface area contributed by atoms with Crippen molar-refractivity contribution in [2.45, 2.75) is 26.3 Å². The molecular weight excluding hydrogens is 398 g/mol. The second kappa shape index (κ2) is 7.96. The highest BCUT2D eigenvalue weighted by Gasteiger charge is 2.33. The first kappa shape index (κ1) is 20.0. The Kier molecular flexibility index (Phi) is 4.98. The van der Waals surface area contributed by atoms with Gasteiger partial charge < -0.3 is 14.5 Å². The lowest BCUT2D eigenvalue weighted by Gasteiger charge is -2.34. The Morgan fingerprint density at radius 2 is 1.56 bits per heavy atom. The first-order valence-electron chi connectivity index (χ1n) is 10.6. The largest absolute Gasteiger partial charge is 0.456 e. The summed E-state index contributed by atoms with van der Waals surface area (Å²) in [6.07, 6.45) is 7.09. The molecule has 0 bridgehead atoms. The number of para-hydroxylation sites is 2. The highest BCUT2D eigenvalue weighted by molar-refractivity contribution is 5.83. The summed E-state index contributed by atoms with van der Waals surface area (Å²) in [5.41, 5.74) is 4.96. The van der Waals surface area contributed by atoms with Crippen LogP contribution in [-0.2, 0) is 0 Å². The number of hydrogen-bond donors (Lipinski definition) is 0. The molecule has 1 aliphatic heterocycles. The zero-order valence-electron chi connectivity index (χ0n) is 18.4. The Balaban J connectivity index is 1.43. The fourth-order valence-electron chi connectivity index (χ4n) is 3.88. The zero-order chi connectivity index (χ0) is 22.1. The third-order valence-electron chi connectivity index (χ3n) is 5.46. The average Bonchev–Trinajstić information content (AvgIpc) is 3.21. The van der Waals surface area contributed by atoms with Crippen molar-refractivity contribution in [3.8, 4) is 22.9 Å². The van der Waals surface area contributed by atoms with Gasteiger partial charge in [-0.3, -0.25) is 15.0 Å². The maximum Gasteiger partial charge on any atom is 0.147 e. The molecule has 0 unspecified atom stereocenters. The van der Waals surface area contributed by atoms with Gasteiger partial charge in [0.25, 0.3) is 0 Å². The molecule has 1 aromatic carbocycles. The Labute approximate surface area is 188 Å². The molecule has 160 valence electrons. The van der Waals surface area contributed by atoms with Gasteiger partial charge in [0.2, 0.25) is 0 Å². The van der Waals surface area contributed by atoms with E-state index in [2.05, 4.69) is 69.8 Å². The third-order valence-corrected chi connectivity index (χ3v) is 5.46. The molecule has 0 amide bonds. The number of hydrogen-bond acceptors (Lipinski definition) is 6. The highest BCUT2D eigenvalue weighted by Crippen LogP contribution is 2.43. The minimum atomic E-state index is 0.00526. The van der Waals surface area contributed by atoms with Gasteiger partial charge in [-0.05, 0) is 51.1 Å². The molecule has 32 heavy (non-hydrogen) atoms. The number of fused-ring (bicyclic) bond motifs is 1. The van der Waals surface area contributed by atoms with Crippen molar-refractivity contribution < 1.29 is 4.74 Å². The molecular formula is C26H25N5O. The molecule has 0 atom stereocenters. The fraction of sp³-hybridized carbons (Fsp3) is 0.192. The van der Waals surface area contributed by atoms with Crippen LogP contribution >= 0.6 is 0 Å². The van der Waals surface area contributed by atoms with E-state index >= 15 is 0 Å². The summed E-state index contributed by atoms with van der Waals surface area (Å²) in [4.78, 5) is 17.9. The van der Waals surface area contributed by atoms with Crippen LogP contribution in [0.3, 0.4) is 0 Å². The van der Waals surface area contributed by atoms with Crippen LogP contribution in [0.1, 0.15) is 20.8 Å². The summed E-state index contributed by atoms with van der Waals surface area (Å²) in [6, 6.07) is 20.0. The molecule has 6 heteroatoms. The van der Waals surface area contributed by atoms with Gasteiger partial charge in [0.1, 0.15) is 11.5 Å². The van der Waals surface area contributed by atoms with E-state index < -0.39 is 0 Å². The van der Waals surface area contributed by atoms with Gasteiger partial charge in [0, 0.05) is 30.1 Å². The minimum Gasteiger partial charge on any atom is -0.456 e. The van der Waals surface area contributed by atoms with Crippen LogP contribution in [0.15, 0.2) is 85.5 Å². The molecule has 1 aliphatic rings. The number of aromatic nitrogens is 3. The molecule has 0 aliphatic carbocycles. The van der Waals surface area contributed by atoms with Crippen molar-refractivity contribution >= 4 is 17.1 Å². The lowest BCUT2D eigenvalue weighted by Crippen LogP contribution is -2.42. The predicted octanol–water partition coefficient (Wildman–Crippen LogP) is 6.05. The fourth-order valence-corrected chi connectivity index (χ4v) is 3.88. The lowest BCUT2D eigenvalue weighted by molar-refractivity contribution is 0.479. The van der Waals surface area contributed by atoms with Crippen molar-refractivity contribution in [2.24, 2.45) is 0 Å². The van der Waals surface area contributed by atoms with E-state index in [4.69, 9.17) is 4.74 Å². The van der Waals surface area contributed by atoms with E-state index in [0.717, 1.165) is 23.7 Å². The second-order valence-electron chi connectivity index (χ2n) is 8.73. The summed E-state index contributed by atoms with van der Waals surface area (Å²) in [5, 5.41) is 0. The van der Waals surface area contributed by atoms with Crippen LogP contribution < -0.4 is 14.5 Å². The predicted molar refractivity (Wildman–Crippen MR) is 127 cm³/mol. The van der Waals surface area contributed by atoms with E-state index in [0.29, 0.717) is 11.5 Å². The quantitative estimate of drug-likeness (QED) is 0.399. The van der Waals surface area contributed by atoms with Gasteiger partial charge in [-0.25, -0.2) is 0 Å². The zero-order valence-corrected chi connectivity index (χ0v) is 18.4. The van der Waals surface area contributed by atoms with Crippen LogP contribution in [0, 0.1) is 0 Å². The minimum absolute atomic E-state index is 0.00526. The molecule has 0 saturated carbocycles. The van der Waals surface area contributed by atoms with Crippen molar-refractivity contribution in [3.63, 3.8) is 0 Å². The van der Waals surface area contributed by atoms with Gasteiger partial charge >= 0.3 is 0 Å². The average molecular weight is 424 g/mol. The Hall–Kier alpha value is -3.93. The summed E-state index contributed by atoms with van der Waals surface area (Å²) in [5.74, 6) is 1.37. The van der Waals surface area contributed by atoms with Gasteiger partial charge in [-0.2, -0.15) is 0 Å². The van der Waals surface area contributed by atoms with Crippen LogP contribution in [0.25, 0.3) is 11.4 Å². The number of anilines is 3. The summed E-state index contributed by atoms with van der Waals surface area (Å²) < 4.78 is 6.15. The summed E-state index contributed by atoms with van der Waals surface area (Å²) in [7, 11) is 0. The standard InChI is InChI=1S/C26H25N5O/c1-26(2,3)31-18-30(24-9-4-5-10-25(24)31)19-14-21(17-27-16-19)32-20-11-13-29-23(15-20)22-8-6-7-12-28-22/h4-17H,18H2,1-3H3. The van der Waals surface area contributed by atoms with Gasteiger partial charge in [-0.1, -0.05) is 18.2 Å². The molecule has 0 N–H and O–H groups in total. The van der Waals surface area contributed by atoms with Crippen LogP contribution in [0.5, 0.6) is 11.5 Å². The maximum absolute atomic E-state index is 6.15. The number of rotatable bonds is 4. The molecule has 0 saturated heterocycles. The lowest BCUT2D eigenvalue weighted by atomic mass is 10.1. The van der Waals surface area contributed by atoms with Crippen LogP contribution in [0.4, 0.5) is 17.1 Å². The highest BCUT2D eigenvalue weighted by atomic mass is 16.5. The maximum atomic E-state index is 6.15. The van der Waals surface area contributed by atoms with Crippen LogP contribution in [-0.4, -0.2) is 27.2 Å². The number of benzene rings is 1. The van der Waals surface area contributed by atoms with Crippen molar-refractivity contribution in [1.82, 2.24) is 15.0 Å². The number of pyridine rings is 3. The normalized spacial score (nSPS) is 13.2. The van der Waals surface area contributed by atoms with Gasteiger partial charge in [0.15, 0.2) is 0 Å². The first-order chi connectivity index (χ1) is 15.5. The monoisotopic (exact) mass is 423 g/mol. The molecule has 4 heterocycles. The van der Waals surface area contributed by atoms with E-state index in [1.807, 2.05) is 42.6 Å². The van der Waals surface area contributed by atoms with E-state index in [9.17, 15) is 0 Å². The van der Waals surface area contributed by atoms with Gasteiger partial charge in [0.05, 0.1) is 47.5 Å². The van der Waals surface area contributed by atoms with E-state index in [-0.39, 0.29) is 5.54 Å².